The molecule has 2 aromatic carbocycles. The highest BCUT2D eigenvalue weighted by molar-refractivity contribution is 5.91. The lowest BCUT2D eigenvalue weighted by Crippen LogP contribution is -2.58. The minimum absolute atomic E-state index is 0.0880. The van der Waals surface area contributed by atoms with Gasteiger partial charge in [0.25, 0.3) is 0 Å². The number of alkyl carbamates (subject to hydrolysis) is 1. The normalized spacial score (nSPS) is 13.8. The van der Waals surface area contributed by atoms with Gasteiger partial charge < -0.3 is 20.1 Å². The molecule has 7 heteroatoms. The Kier molecular flexibility index (Phi) is 6.57. The van der Waals surface area contributed by atoms with Crippen LogP contribution in [0, 0.1) is 5.92 Å². The van der Waals surface area contributed by atoms with Gasteiger partial charge in [0.2, 0.25) is 5.91 Å². The highest BCUT2D eigenvalue weighted by atomic mass is 16.5. The van der Waals surface area contributed by atoms with E-state index in [1.54, 1.807) is 13.8 Å². The number of carbonyl (C=O) groups is 3. The van der Waals surface area contributed by atoms with Crippen molar-refractivity contribution < 1.29 is 24.2 Å². The molecular weight excluding hydrogens is 408 g/mol. The molecule has 3 rings (SSSR count). The topological polar surface area (TPSA) is 95.9 Å². The molecule has 0 heterocycles. The van der Waals surface area contributed by atoms with E-state index in [1.165, 1.54) is 20.9 Å². The second-order valence-corrected chi connectivity index (χ2v) is 8.95. The van der Waals surface area contributed by atoms with E-state index >= 15 is 0 Å². The summed E-state index contributed by atoms with van der Waals surface area (Å²) in [6.07, 6.45) is -0.708. The van der Waals surface area contributed by atoms with Crippen LogP contribution in [-0.4, -0.2) is 53.2 Å². The SMILES string of the molecule is CC(C)[C@H](NC(=O)OCC1c2ccccc2-c2ccccc21)C(=O)N(C)C(C)(C)C(=O)O. The van der Waals surface area contributed by atoms with Crippen LogP contribution in [0.3, 0.4) is 0 Å². The summed E-state index contributed by atoms with van der Waals surface area (Å²) in [4.78, 5) is 38.2. The zero-order valence-electron chi connectivity index (χ0n) is 19.1. The molecule has 0 fully saturated rings. The molecule has 2 amide bonds. The molecule has 2 N–H and O–H groups in total. The summed E-state index contributed by atoms with van der Waals surface area (Å²) in [5, 5.41) is 12.1. The van der Waals surface area contributed by atoms with Crippen LogP contribution in [-0.2, 0) is 14.3 Å². The van der Waals surface area contributed by atoms with Crippen molar-refractivity contribution in [3.8, 4) is 11.1 Å². The summed E-state index contributed by atoms with van der Waals surface area (Å²) in [5.41, 5.74) is 3.05. The second kappa shape index (κ2) is 9.02. The van der Waals surface area contributed by atoms with E-state index in [2.05, 4.69) is 17.4 Å². The van der Waals surface area contributed by atoms with Crippen molar-refractivity contribution in [3.63, 3.8) is 0 Å². The molecular formula is C25H30N2O5. The monoisotopic (exact) mass is 438 g/mol. The van der Waals surface area contributed by atoms with Gasteiger partial charge in [0, 0.05) is 13.0 Å². The molecule has 1 aliphatic rings. The first kappa shape index (κ1) is 23.3. The van der Waals surface area contributed by atoms with Gasteiger partial charge in [-0.2, -0.15) is 0 Å². The number of nitrogens with zero attached hydrogens (tertiary/aromatic N) is 1. The maximum Gasteiger partial charge on any atom is 0.407 e. The standard InChI is InChI=1S/C25H30N2O5/c1-15(2)21(22(28)27(5)25(3,4)23(29)30)26-24(31)32-14-20-18-12-8-6-10-16(18)17-11-7-9-13-19(17)20/h6-13,15,20-21H,14H2,1-5H3,(H,26,31)(H,29,30)/t21-/m0/s1. The molecule has 0 saturated heterocycles. The number of rotatable bonds is 7. The van der Waals surface area contributed by atoms with Gasteiger partial charge in [0.05, 0.1) is 0 Å². The predicted molar refractivity (Wildman–Crippen MR) is 121 cm³/mol. The van der Waals surface area contributed by atoms with Gasteiger partial charge in [0.1, 0.15) is 18.2 Å². The van der Waals surface area contributed by atoms with Crippen molar-refractivity contribution in [2.45, 2.75) is 45.2 Å². The van der Waals surface area contributed by atoms with Crippen molar-refractivity contribution in [2.75, 3.05) is 13.7 Å². The van der Waals surface area contributed by atoms with Gasteiger partial charge >= 0.3 is 12.1 Å². The third kappa shape index (κ3) is 4.33. The number of hydrogen-bond donors (Lipinski definition) is 2. The summed E-state index contributed by atoms with van der Waals surface area (Å²) < 4.78 is 5.55. The van der Waals surface area contributed by atoms with Gasteiger partial charge in [-0.05, 0) is 42.0 Å². The van der Waals surface area contributed by atoms with Crippen LogP contribution >= 0.6 is 0 Å². The lowest BCUT2D eigenvalue weighted by molar-refractivity contribution is -0.156. The van der Waals surface area contributed by atoms with E-state index in [0.29, 0.717) is 0 Å². The number of nitrogens with one attached hydrogen (secondary N) is 1. The lowest BCUT2D eigenvalue weighted by atomic mass is 9.98. The molecule has 32 heavy (non-hydrogen) atoms. The number of carbonyl (C=O) groups excluding carboxylic acids is 2. The van der Waals surface area contributed by atoms with Gasteiger partial charge in [-0.25, -0.2) is 9.59 Å². The van der Waals surface area contributed by atoms with E-state index in [0.717, 1.165) is 27.2 Å². The first-order chi connectivity index (χ1) is 15.1. The lowest BCUT2D eigenvalue weighted by Gasteiger charge is -2.35. The molecule has 0 aromatic heterocycles. The Balaban J connectivity index is 1.71. The number of carboxylic acid groups (broad SMARTS) is 1. The first-order valence-electron chi connectivity index (χ1n) is 10.7. The quantitative estimate of drug-likeness (QED) is 0.684. The van der Waals surface area contributed by atoms with Crippen molar-refractivity contribution in [2.24, 2.45) is 5.92 Å². The van der Waals surface area contributed by atoms with E-state index < -0.39 is 29.6 Å². The Labute approximate surface area is 188 Å². The molecule has 170 valence electrons. The van der Waals surface area contributed by atoms with Crippen molar-refractivity contribution in [3.05, 3.63) is 59.7 Å². The molecule has 0 aliphatic heterocycles. The van der Waals surface area contributed by atoms with Crippen LogP contribution in [0.1, 0.15) is 44.7 Å². The minimum Gasteiger partial charge on any atom is -0.480 e. The Morgan fingerprint density at radius 3 is 2.00 bits per heavy atom. The third-order valence-corrected chi connectivity index (χ3v) is 6.24. The van der Waals surface area contributed by atoms with Gasteiger partial charge in [0.15, 0.2) is 0 Å². The van der Waals surface area contributed by atoms with Crippen LogP contribution in [0.15, 0.2) is 48.5 Å². The predicted octanol–water partition coefficient (Wildman–Crippen LogP) is 3.87. The Morgan fingerprint density at radius 1 is 1.03 bits per heavy atom. The minimum atomic E-state index is -1.41. The summed E-state index contributed by atoms with van der Waals surface area (Å²) in [5.74, 6) is -1.96. The zero-order chi connectivity index (χ0) is 23.6. The Morgan fingerprint density at radius 2 is 1.53 bits per heavy atom. The summed E-state index contributed by atoms with van der Waals surface area (Å²) in [7, 11) is 1.42. The molecule has 0 radical (unpaired) electrons. The van der Waals surface area contributed by atoms with Crippen LogP contribution in [0.2, 0.25) is 0 Å². The van der Waals surface area contributed by atoms with Gasteiger partial charge in [-0.1, -0.05) is 62.4 Å². The van der Waals surface area contributed by atoms with Crippen molar-refractivity contribution >= 4 is 18.0 Å². The number of benzene rings is 2. The fourth-order valence-electron chi connectivity index (χ4n) is 3.91. The van der Waals surface area contributed by atoms with Crippen LogP contribution in [0.4, 0.5) is 4.79 Å². The molecule has 0 saturated carbocycles. The van der Waals surface area contributed by atoms with Crippen LogP contribution in [0.5, 0.6) is 0 Å². The van der Waals surface area contributed by atoms with E-state index in [1.807, 2.05) is 36.4 Å². The van der Waals surface area contributed by atoms with E-state index in [-0.39, 0.29) is 18.4 Å². The fraction of sp³-hybridized carbons (Fsp3) is 0.400. The van der Waals surface area contributed by atoms with Crippen LogP contribution < -0.4 is 5.32 Å². The maximum absolute atomic E-state index is 13.0. The molecule has 0 unspecified atom stereocenters. The summed E-state index contributed by atoms with van der Waals surface area (Å²) in [6, 6.07) is 15.2. The maximum atomic E-state index is 13.0. The zero-order valence-corrected chi connectivity index (χ0v) is 19.1. The van der Waals surface area contributed by atoms with E-state index in [9.17, 15) is 19.5 Å². The Bertz CT molecular complexity index is 985. The molecule has 0 spiro atoms. The van der Waals surface area contributed by atoms with Crippen LogP contribution in [0.25, 0.3) is 11.1 Å². The highest BCUT2D eigenvalue weighted by Crippen LogP contribution is 2.44. The van der Waals surface area contributed by atoms with Gasteiger partial charge in [-0.3, -0.25) is 4.79 Å². The molecule has 2 aromatic rings. The number of fused-ring (bicyclic) bond motifs is 3. The average molecular weight is 439 g/mol. The summed E-state index contributed by atoms with van der Waals surface area (Å²) in [6.45, 7) is 6.59. The van der Waals surface area contributed by atoms with Crippen molar-refractivity contribution in [1.82, 2.24) is 10.2 Å². The number of hydrogen-bond acceptors (Lipinski definition) is 4. The number of ether oxygens (including phenoxy) is 1. The second-order valence-electron chi connectivity index (χ2n) is 8.95. The third-order valence-electron chi connectivity index (χ3n) is 6.24. The number of carboxylic acids is 1. The summed E-state index contributed by atoms with van der Waals surface area (Å²) >= 11 is 0. The Hall–Kier alpha value is -3.35. The largest absolute Gasteiger partial charge is 0.480 e. The van der Waals surface area contributed by atoms with E-state index in [4.69, 9.17) is 4.74 Å². The number of likely N-dealkylation sites (N-methyl/N-ethyl adjacent to an activating group) is 1. The number of aliphatic carboxylic acids is 1. The van der Waals surface area contributed by atoms with Crippen molar-refractivity contribution in [1.29, 1.82) is 0 Å². The number of amides is 2. The molecule has 0 bridgehead atoms. The highest BCUT2D eigenvalue weighted by Gasteiger charge is 2.39. The first-order valence-corrected chi connectivity index (χ1v) is 10.7. The van der Waals surface area contributed by atoms with Gasteiger partial charge in [-0.15, -0.1) is 0 Å². The fourth-order valence-corrected chi connectivity index (χ4v) is 3.91. The average Bonchev–Trinajstić information content (AvgIpc) is 3.08. The molecule has 1 atom stereocenters. The molecule has 7 nitrogen and oxygen atoms in total. The molecule has 1 aliphatic carbocycles. The smallest absolute Gasteiger partial charge is 0.407 e.